The first-order chi connectivity index (χ1) is 14.3. The van der Waals surface area contributed by atoms with Gasteiger partial charge in [-0.05, 0) is 44.2 Å². The summed E-state index contributed by atoms with van der Waals surface area (Å²) in [6.07, 6.45) is 3.43. The molecule has 7 nitrogen and oxygen atoms in total. The van der Waals surface area contributed by atoms with E-state index in [2.05, 4.69) is 24.5 Å². The van der Waals surface area contributed by atoms with Crippen LogP contribution in [0.2, 0.25) is 0 Å². The van der Waals surface area contributed by atoms with E-state index in [1.807, 2.05) is 20.9 Å². The molecule has 2 amide bonds. The van der Waals surface area contributed by atoms with E-state index < -0.39 is 0 Å². The Balaban J connectivity index is 1.84. The third kappa shape index (κ3) is 7.20. The fourth-order valence-electron chi connectivity index (χ4n) is 3.99. The highest BCUT2D eigenvalue weighted by Crippen LogP contribution is 2.31. The van der Waals surface area contributed by atoms with Gasteiger partial charge in [-0.1, -0.05) is 26.7 Å². The molecule has 1 unspecified atom stereocenters. The Kier molecular flexibility index (Phi) is 9.43. The minimum absolute atomic E-state index is 0.00551. The summed E-state index contributed by atoms with van der Waals surface area (Å²) in [6.45, 7) is 9.82. The highest BCUT2D eigenvalue weighted by atomic mass is 16.5. The number of carbonyl (C=O) groups is 2. The van der Waals surface area contributed by atoms with Crippen LogP contribution in [0, 0.1) is 11.8 Å². The Labute approximate surface area is 180 Å². The summed E-state index contributed by atoms with van der Waals surface area (Å²) in [5.41, 5.74) is 0.647. The molecule has 0 aliphatic heterocycles. The average Bonchev–Trinajstić information content (AvgIpc) is 2.67. The van der Waals surface area contributed by atoms with Gasteiger partial charge in [0.25, 0.3) is 11.8 Å². The van der Waals surface area contributed by atoms with Crippen molar-refractivity contribution in [3.05, 3.63) is 18.2 Å². The summed E-state index contributed by atoms with van der Waals surface area (Å²) in [5.74, 6) is 2.25. The molecule has 0 heterocycles. The van der Waals surface area contributed by atoms with Crippen LogP contribution in [0.1, 0.15) is 47.0 Å². The van der Waals surface area contributed by atoms with Crippen LogP contribution in [0.25, 0.3) is 0 Å². The normalized spacial score (nSPS) is 22.1. The quantitative estimate of drug-likeness (QED) is 0.540. The second kappa shape index (κ2) is 11.8. The summed E-state index contributed by atoms with van der Waals surface area (Å²) in [7, 11) is 1.86. The lowest BCUT2D eigenvalue weighted by Gasteiger charge is -2.34. The number of rotatable bonds is 10. The van der Waals surface area contributed by atoms with Gasteiger partial charge in [0, 0.05) is 17.8 Å². The number of likely N-dealkylation sites (N-methyl/N-ethyl adjacent to an activating group) is 1. The lowest BCUT2D eigenvalue weighted by Crippen LogP contribution is -3.11. The first kappa shape index (κ1) is 24.0. The van der Waals surface area contributed by atoms with Crippen LogP contribution >= 0.6 is 0 Å². The minimum atomic E-state index is -0.147. The Bertz CT molecular complexity index is 710. The summed E-state index contributed by atoms with van der Waals surface area (Å²) in [4.78, 5) is 25.7. The lowest BCUT2D eigenvalue weighted by atomic mass is 9.78. The van der Waals surface area contributed by atoms with Crippen molar-refractivity contribution in [1.82, 2.24) is 5.32 Å². The number of benzene rings is 1. The van der Waals surface area contributed by atoms with Crippen LogP contribution in [0.4, 0.5) is 5.69 Å². The number of carbonyl (C=O) groups excluding carboxylic acids is 2. The van der Waals surface area contributed by atoms with Gasteiger partial charge in [0.15, 0.2) is 24.6 Å². The predicted octanol–water partition coefficient (Wildman–Crippen LogP) is 1.88. The van der Waals surface area contributed by atoms with Gasteiger partial charge in [0.1, 0.15) is 0 Å². The molecule has 1 fully saturated rings. The first-order valence-electron chi connectivity index (χ1n) is 11.1. The molecule has 2 rings (SSSR count). The van der Waals surface area contributed by atoms with Crippen molar-refractivity contribution in [2.45, 2.75) is 53.0 Å². The van der Waals surface area contributed by atoms with Gasteiger partial charge in [-0.25, -0.2) is 0 Å². The Morgan fingerprint density at radius 1 is 1.03 bits per heavy atom. The van der Waals surface area contributed by atoms with E-state index in [1.165, 1.54) is 6.42 Å². The van der Waals surface area contributed by atoms with Gasteiger partial charge in [0.2, 0.25) is 0 Å². The summed E-state index contributed by atoms with van der Waals surface area (Å²) in [6, 6.07) is 5.59. The minimum Gasteiger partial charge on any atom is -0.490 e. The highest BCUT2D eigenvalue weighted by molar-refractivity contribution is 5.92. The van der Waals surface area contributed by atoms with Gasteiger partial charge in [-0.15, -0.1) is 0 Å². The molecule has 7 heteroatoms. The van der Waals surface area contributed by atoms with Crippen molar-refractivity contribution in [1.29, 1.82) is 0 Å². The van der Waals surface area contributed by atoms with Gasteiger partial charge in [-0.3, -0.25) is 9.59 Å². The zero-order chi connectivity index (χ0) is 22.1. The van der Waals surface area contributed by atoms with Crippen LogP contribution in [0.15, 0.2) is 18.2 Å². The summed E-state index contributed by atoms with van der Waals surface area (Å²) in [5, 5.41) is 6.05. The van der Waals surface area contributed by atoms with Crippen LogP contribution in [0.3, 0.4) is 0 Å². The maximum absolute atomic E-state index is 12.4. The Morgan fingerprint density at radius 3 is 2.40 bits per heavy atom. The Hall–Kier alpha value is -2.28. The number of nitrogens with one attached hydrogen (secondary N) is 3. The molecule has 0 saturated heterocycles. The lowest BCUT2D eigenvalue weighted by molar-refractivity contribution is -0.862. The van der Waals surface area contributed by atoms with Gasteiger partial charge in [0.05, 0.1) is 20.3 Å². The number of anilines is 1. The average molecular weight is 421 g/mol. The molecule has 3 N–H and O–H groups in total. The van der Waals surface area contributed by atoms with Crippen LogP contribution in [0.5, 0.6) is 11.5 Å². The van der Waals surface area contributed by atoms with Crippen LogP contribution in [-0.4, -0.2) is 51.2 Å². The van der Waals surface area contributed by atoms with Gasteiger partial charge in [-0.2, -0.15) is 0 Å². The van der Waals surface area contributed by atoms with Gasteiger partial charge >= 0.3 is 0 Å². The number of amides is 2. The highest BCUT2D eigenvalue weighted by Gasteiger charge is 2.28. The molecule has 0 spiro atoms. The molecule has 0 bridgehead atoms. The first-order valence-corrected chi connectivity index (χ1v) is 11.1. The third-order valence-corrected chi connectivity index (χ3v) is 5.81. The van der Waals surface area contributed by atoms with Crippen molar-refractivity contribution in [2.24, 2.45) is 11.8 Å². The standard InChI is InChI=1S/C23H37N3O4/c1-6-29-20-12-11-18(13-21(20)30-7-2)24-22(27)14-26(5)15-23(28)25-19-10-8-9-16(3)17(19)4/h11-13,16-17,19H,6-10,14-15H2,1-5H3,(H,24,27)(H,25,28)/p+1/t16-,17-,19+/m0/s1. The molecular weight excluding hydrogens is 382 g/mol. The second-order valence-electron chi connectivity index (χ2n) is 8.33. The molecule has 1 aliphatic carbocycles. The van der Waals surface area contributed by atoms with Crippen molar-refractivity contribution in [3.63, 3.8) is 0 Å². The molecule has 0 radical (unpaired) electrons. The van der Waals surface area contributed by atoms with E-state index in [4.69, 9.17) is 9.47 Å². The van der Waals surface area contributed by atoms with Crippen molar-refractivity contribution in [2.75, 3.05) is 38.7 Å². The van der Waals surface area contributed by atoms with Crippen molar-refractivity contribution < 1.29 is 24.0 Å². The van der Waals surface area contributed by atoms with E-state index >= 15 is 0 Å². The maximum atomic E-state index is 12.4. The molecule has 4 atom stereocenters. The van der Waals surface area contributed by atoms with E-state index in [-0.39, 0.29) is 30.9 Å². The zero-order valence-electron chi connectivity index (χ0n) is 19.0. The van der Waals surface area contributed by atoms with Crippen molar-refractivity contribution >= 4 is 17.5 Å². The van der Waals surface area contributed by atoms with Gasteiger partial charge < -0.3 is 25.0 Å². The maximum Gasteiger partial charge on any atom is 0.279 e. The molecule has 1 saturated carbocycles. The van der Waals surface area contributed by atoms with Crippen molar-refractivity contribution in [3.8, 4) is 11.5 Å². The van der Waals surface area contributed by atoms with E-state index in [9.17, 15) is 9.59 Å². The summed E-state index contributed by atoms with van der Waals surface area (Å²) >= 11 is 0. The fraction of sp³-hybridized carbons (Fsp3) is 0.652. The van der Waals surface area contributed by atoms with E-state index in [0.29, 0.717) is 42.2 Å². The molecular formula is C23H38N3O4+. The number of hydrogen-bond acceptors (Lipinski definition) is 4. The van der Waals surface area contributed by atoms with Crippen LogP contribution in [-0.2, 0) is 9.59 Å². The number of quaternary nitrogens is 1. The fourth-order valence-corrected chi connectivity index (χ4v) is 3.99. The monoisotopic (exact) mass is 420 g/mol. The molecule has 30 heavy (non-hydrogen) atoms. The molecule has 0 aromatic heterocycles. The Morgan fingerprint density at radius 2 is 1.70 bits per heavy atom. The van der Waals surface area contributed by atoms with E-state index in [1.54, 1.807) is 18.2 Å². The molecule has 168 valence electrons. The zero-order valence-corrected chi connectivity index (χ0v) is 19.0. The predicted molar refractivity (Wildman–Crippen MR) is 118 cm³/mol. The second-order valence-corrected chi connectivity index (χ2v) is 8.33. The number of hydrogen-bond donors (Lipinski definition) is 3. The smallest absolute Gasteiger partial charge is 0.279 e. The SMILES string of the molecule is CCOc1ccc(NC(=O)C[NH+](C)CC(=O)N[C@@H]2CCC[C@H](C)[C@@H]2C)cc1OCC. The number of ether oxygens (including phenoxy) is 2. The molecule has 1 aromatic rings. The van der Waals surface area contributed by atoms with Crippen LogP contribution < -0.4 is 25.0 Å². The summed E-state index contributed by atoms with van der Waals surface area (Å²) < 4.78 is 11.1. The largest absolute Gasteiger partial charge is 0.490 e. The molecule has 1 aliphatic rings. The topological polar surface area (TPSA) is 81.1 Å². The van der Waals surface area contributed by atoms with E-state index in [0.717, 1.165) is 17.7 Å². The molecule has 1 aromatic carbocycles. The third-order valence-electron chi connectivity index (χ3n) is 5.81.